The van der Waals surface area contributed by atoms with Crippen molar-refractivity contribution in [1.29, 1.82) is 5.26 Å². The maximum Gasteiger partial charge on any atom is 0.328 e. The lowest BCUT2D eigenvalue weighted by Crippen LogP contribution is -2.52. The first-order valence-electron chi connectivity index (χ1n) is 25.0. The number of anilines is 3. The third kappa shape index (κ3) is 10.0. The van der Waals surface area contributed by atoms with Gasteiger partial charge in [-0.1, -0.05) is 24.3 Å². The maximum absolute atomic E-state index is 13.8. The van der Waals surface area contributed by atoms with Crippen molar-refractivity contribution in [2.24, 2.45) is 17.3 Å². The summed E-state index contributed by atoms with van der Waals surface area (Å²) in [5, 5.41) is 26.2. The minimum Gasteiger partial charge on any atom is -0.362 e. The number of carbonyl (C=O) groups excluding carboxylic acids is 4. The average Bonchev–Trinajstić information content (AvgIpc) is 3.35. The molecule has 4 aliphatic heterocycles. The third-order valence-corrected chi connectivity index (χ3v) is 16.2. The molecule has 68 heavy (non-hydrogen) atoms. The molecule has 1 atom stereocenters. The fourth-order valence-electron chi connectivity index (χ4n) is 11.6. The van der Waals surface area contributed by atoms with Gasteiger partial charge in [-0.05, 0) is 157 Å². The molecule has 6 heterocycles. The highest BCUT2D eigenvalue weighted by atomic mass is 16.2. The number of aromatic nitrogens is 3. The van der Waals surface area contributed by atoms with Crippen LogP contribution in [0.4, 0.5) is 22.1 Å². The van der Waals surface area contributed by atoms with Gasteiger partial charge >= 0.3 is 6.03 Å². The number of likely N-dealkylation sites (tertiary alicyclic amines) is 2. The second kappa shape index (κ2) is 20.2. The number of piperazine rings is 1. The number of urea groups is 1. The Morgan fingerprint density at radius 2 is 1.62 bits per heavy atom. The molecule has 0 unspecified atom stereocenters. The zero-order chi connectivity index (χ0) is 47.5. The van der Waals surface area contributed by atoms with Gasteiger partial charge in [0.15, 0.2) is 5.82 Å². The Bertz CT molecular complexity index is 2580. The summed E-state index contributed by atoms with van der Waals surface area (Å²) in [4.78, 5) is 67.1. The van der Waals surface area contributed by atoms with Crippen LogP contribution in [0.5, 0.6) is 0 Å². The fourth-order valence-corrected chi connectivity index (χ4v) is 11.6. The second-order valence-corrected chi connectivity index (χ2v) is 20.3. The summed E-state index contributed by atoms with van der Waals surface area (Å²) in [6.07, 6.45) is 12.6. The summed E-state index contributed by atoms with van der Waals surface area (Å²) < 4.78 is 0. The third-order valence-electron chi connectivity index (χ3n) is 16.2. The molecule has 5 amide bonds. The highest BCUT2D eigenvalue weighted by Crippen LogP contribution is 2.47. The molecule has 4 saturated heterocycles. The summed E-state index contributed by atoms with van der Waals surface area (Å²) in [5.41, 5.74) is 6.58. The average molecular weight is 922 g/mol. The molecule has 0 bridgehead atoms. The summed E-state index contributed by atoms with van der Waals surface area (Å²) >= 11 is 0. The van der Waals surface area contributed by atoms with Crippen LogP contribution >= 0.6 is 0 Å². The van der Waals surface area contributed by atoms with Gasteiger partial charge in [0.25, 0.3) is 5.91 Å². The number of pyridine rings is 1. The van der Waals surface area contributed by atoms with E-state index in [0.717, 1.165) is 122 Å². The Morgan fingerprint density at radius 1 is 0.868 bits per heavy atom. The molecule has 15 nitrogen and oxygen atoms in total. The molecule has 0 radical (unpaired) electrons. The molecule has 1 saturated carbocycles. The zero-order valence-electron chi connectivity index (χ0n) is 40.4. The number of fused-ring (bicyclic) bond motifs is 1. The van der Waals surface area contributed by atoms with Gasteiger partial charge in [-0.2, -0.15) is 10.4 Å². The first-order valence-corrected chi connectivity index (χ1v) is 25.0. The van der Waals surface area contributed by atoms with Crippen LogP contribution in [0.3, 0.4) is 0 Å². The zero-order valence-corrected chi connectivity index (χ0v) is 40.4. The number of carbonyl (C=O) groups is 4. The molecular weight excluding hydrogens is 855 g/mol. The Balaban J connectivity index is 0.699. The number of amides is 5. The fraction of sp³-hybridized carbons (Fsp3) is 0.547. The second-order valence-electron chi connectivity index (χ2n) is 20.3. The summed E-state index contributed by atoms with van der Waals surface area (Å²) in [5.74, 6) is 2.43. The van der Waals surface area contributed by atoms with E-state index in [-0.39, 0.29) is 30.2 Å². The van der Waals surface area contributed by atoms with Crippen LogP contribution in [0.1, 0.15) is 115 Å². The highest BCUT2D eigenvalue weighted by Gasteiger charge is 2.40. The van der Waals surface area contributed by atoms with Crippen molar-refractivity contribution in [2.45, 2.75) is 104 Å². The van der Waals surface area contributed by atoms with Gasteiger partial charge in [0.2, 0.25) is 11.8 Å². The minimum atomic E-state index is -0.436. The van der Waals surface area contributed by atoms with Crippen LogP contribution in [0.15, 0.2) is 48.7 Å². The molecule has 5 aliphatic rings. The standard InChI is InChI=1S/C53H67N11O4/c1-35-8-9-42(32-46(35)64-25-16-48(65)57-52(64)68)51(67)62-26-19-53(20-27-62)17-10-39(11-18-53)13-22-60-23-14-41(15-24-60)50(66)63-30-28-61(29-31-63)47-33-44-45(34-55-47)38(4)58-59-49(44)56-37(3)43-7-5-6-40(12-21-54)36(43)2/h5-9,32-34,37,39,41H,10-20,22-31H2,1-4H3,(H,56,59)(H,57,65,68)/t37-/m1/s1. The number of benzene rings is 2. The van der Waals surface area contributed by atoms with Gasteiger partial charge in [0.05, 0.1) is 24.2 Å². The van der Waals surface area contributed by atoms with Crippen LogP contribution in [-0.4, -0.2) is 119 Å². The Labute approximate surface area is 400 Å². The number of rotatable bonds is 11. The molecule has 2 aromatic heterocycles. The normalized spacial score (nSPS) is 20.1. The van der Waals surface area contributed by atoms with Crippen molar-refractivity contribution in [2.75, 3.05) is 80.6 Å². The van der Waals surface area contributed by atoms with Crippen molar-refractivity contribution < 1.29 is 19.2 Å². The van der Waals surface area contributed by atoms with Gasteiger partial charge in [0, 0.05) is 86.4 Å². The number of piperidine rings is 2. The van der Waals surface area contributed by atoms with E-state index >= 15 is 0 Å². The highest BCUT2D eigenvalue weighted by molar-refractivity contribution is 6.06. The number of aryl methyl sites for hydroxylation is 2. The Hall–Kier alpha value is -6.14. The molecule has 358 valence electrons. The van der Waals surface area contributed by atoms with Crippen molar-refractivity contribution in [1.82, 2.24) is 35.2 Å². The lowest BCUT2D eigenvalue weighted by atomic mass is 9.65. The van der Waals surface area contributed by atoms with E-state index in [1.165, 1.54) is 32.1 Å². The number of hydrogen-bond acceptors (Lipinski definition) is 11. The largest absolute Gasteiger partial charge is 0.362 e. The maximum atomic E-state index is 13.8. The predicted molar refractivity (Wildman–Crippen MR) is 263 cm³/mol. The van der Waals surface area contributed by atoms with Gasteiger partial charge in [-0.15, -0.1) is 5.10 Å². The molecular formula is C53H67N11O4. The smallest absolute Gasteiger partial charge is 0.328 e. The minimum absolute atomic E-state index is 0.0129. The summed E-state index contributed by atoms with van der Waals surface area (Å²) in [6, 6.07) is 15.6. The van der Waals surface area contributed by atoms with Crippen molar-refractivity contribution in [3.63, 3.8) is 0 Å². The topological polar surface area (TPSA) is 171 Å². The molecule has 2 N–H and O–H groups in total. The lowest BCUT2D eigenvalue weighted by Gasteiger charge is -2.46. The number of hydrogen-bond donors (Lipinski definition) is 2. The number of nitriles is 1. The van der Waals surface area contributed by atoms with Gasteiger partial charge in [0.1, 0.15) is 5.82 Å². The van der Waals surface area contributed by atoms with E-state index in [9.17, 15) is 24.4 Å². The number of nitrogens with one attached hydrogen (secondary N) is 2. The predicted octanol–water partition coefficient (Wildman–Crippen LogP) is 7.50. The van der Waals surface area contributed by atoms with Gasteiger partial charge < -0.3 is 24.9 Å². The van der Waals surface area contributed by atoms with Crippen LogP contribution < -0.4 is 20.4 Å². The van der Waals surface area contributed by atoms with Crippen LogP contribution in [0.2, 0.25) is 0 Å². The van der Waals surface area contributed by atoms with Crippen LogP contribution in [0, 0.1) is 49.4 Å². The Morgan fingerprint density at radius 3 is 2.34 bits per heavy atom. The molecule has 1 aliphatic carbocycles. The van der Waals surface area contributed by atoms with E-state index in [4.69, 9.17) is 4.98 Å². The molecule has 2 aromatic carbocycles. The first kappa shape index (κ1) is 46.9. The quantitative estimate of drug-likeness (QED) is 0.153. The van der Waals surface area contributed by atoms with Crippen molar-refractivity contribution in [3.05, 3.63) is 82.2 Å². The molecule has 4 aromatic rings. The van der Waals surface area contributed by atoms with E-state index in [1.54, 1.807) is 4.90 Å². The van der Waals surface area contributed by atoms with E-state index in [1.807, 2.05) is 55.3 Å². The van der Waals surface area contributed by atoms with Crippen LogP contribution in [0.25, 0.3) is 10.8 Å². The number of imide groups is 1. The van der Waals surface area contributed by atoms with Gasteiger partial charge in [-0.3, -0.25) is 24.6 Å². The molecule has 5 fully saturated rings. The van der Waals surface area contributed by atoms with E-state index < -0.39 is 6.03 Å². The summed E-state index contributed by atoms with van der Waals surface area (Å²) in [6.45, 7) is 15.8. The van der Waals surface area contributed by atoms with E-state index in [2.05, 4.69) is 67.6 Å². The SMILES string of the molecule is Cc1ccc(C(=O)N2CCC3(CCC(CCN4CCC(C(=O)N5CCN(c6cc7c(N[C@H](C)c8cccc(CC#N)c8C)nnc(C)c7cn6)CC5)CC4)CC3)CC2)cc1N1CCC(=O)NC1=O. The Kier molecular flexibility index (Phi) is 14.0. The van der Waals surface area contributed by atoms with Crippen molar-refractivity contribution >= 4 is 51.8 Å². The number of nitrogens with zero attached hydrogens (tertiary/aromatic N) is 9. The van der Waals surface area contributed by atoms with E-state index in [0.29, 0.717) is 54.4 Å². The van der Waals surface area contributed by atoms with Gasteiger partial charge in [-0.25, -0.2) is 9.78 Å². The van der Waals surface area contributed by atoms with Crippen molar-refractivity contribution in [3.8, 4) is 6.07 Å². The lowest BCUT2D eigenvalue weighted by molar-refractivity contribution is -0.137. The molecule has 9 rings (SSSR count). The monoisotopic (exact) mass is 922 g/mol. The molecule has 1 spiro atoms. The molecule has 15 heteroatoms. The van der Waals surface area contributed by atoms with Crippen LogP contribution in [-0.2, 0) is 16.0 Å². The summed E-state index contributed by atoms with van der Waals surface area (Å²) in [7, 11) is 0. The first-order chi connectivity index (χ1) is 32.9.